The second-order valence-electron chi connectivity index (χ2n) is 19.8. The molecule has 1 heteroatoms. The van der Waals surface area contributed by atoms with E-state index in [0.717, 1.165) is 17.0 Å². The van der Waals surface area contributed by atoms with E-state index in [1.807, 2.05) is 0 Å². The molecule has 4 atom stereocenters. The van der Waals surface area contributed by atoms with Gasteiger partial charge in [0.2, 0.25) is 0 Å². The summed E-state index contributed by atoms with van der Waals surface area (Å²) in [5.41, 5.74) is 7.56. The Morgan fingerprint density at radius 2 is 0.956 bits per heavy atom. The standard InChI is InChI=1S/C44H70O/c1-7-11-15-38-21-35-22-39(24-38,16-12-8-2)29-43(23-35,28-38)44-30-40(17-13-9-3)25-41(31-44,18-14-10-4)27-42(26-40,32-44)36-19-33(5)37(45)34(6)20-36/h19-20,35,45H,7-18,21-32H2,1-6H3. The van der Waals surface area contributed by atoms with E-state index in [2.05, 4.69) is 53.7 Å². The Bertz CT molecular complexity index is 1180. The summed E-state index contributed by atoms with van der Waals surface area (Å²) >= 11 is 0. The summed E-state index contributed by atoms with van der Waals surface area (Å²) in [6.45, 7) is 14.1. The van der Waals surface area contributed by atoms with Crippen LogP contribution in [0.25, 0.3) is 0 Å². The number of hydrogen-bond acceptors (Lipinski definition) is 1. The van der Waals surface area contributed by atoms with Gasteiger partial charge < -0.3 is 5.11 Å². The van der Waals surface area contributed by atoms with Crippen LogP contribution in [0.4, 0.5) is 0 Å². The minimum Gasteiger partial charge on any atom is -0.507 e. The Morgan fingerprint density at radius 1 is 0.533 bits per heavy atom. The Hall–Kier alpha value is -0.980. The van der Waals surface area contributed by atoms with E-state index in [4.69, 9.17) is 0 Å². The largest absolute Gasteiger partial charge is 0.507 e. The first-order valence-electron chi connectivity index (χ1n) is 20.3. The lowest BCUT2D eigenvalue weighted by Crippen LogP contribution is -2.70. The number of hydrogen-bond donors (Lipinski definition) is 1. The SMILES string of the molecule is CCCCC12CC3CC(CCCC)(C1)CC(C14CC5(CCCC)CC(CCCC)(CC(c6cc(C)c(O)c(C)c6)(C5)C1)C4)(C3)C2. The predicted molar refractivity (Wildman–Crippen MR) is 191 cm³/mol. The number of phenols is 1. The monoisotopic (exact) mass is 615 g/mol. The van der Waals surface area contributed by atoms with Gasteiger partial charge in [0.25, 0.3) is 0 Å². The third-order valence-corrected chi connectivity index (χ3v) is 16.1. The molecule has 0 spiro atoms. The van der Waals surface area contributed by atoms with Gasteiger partial charge in [-0.3, -0.25) is 0 Å². The van der Waals surface area contributed by atoms with Crippen molar-refractivity contribution in [2.24, 2.45) is 38.4 Å². The molecule has 9 rings (SSSR count). The highest BCUT2D eigenvalue weighted by Gasteiger charge is 2.76. The molecule has 0 aliphatic heterocycles. The molecular formula is C44H70O. The topological polar surface area (TPSA) is 20.2 Å². The number of aryl methyl sites for hydroxylation is 2. The van der Waals surface area contributed by atoms with Gasteiger partial charge in [-0.15, -0.1) is 0 Å². The zero-order chi connectivity index (χ0) is 31.8. The lowest BCUT2D eigenvalue weighted by molar-refractivity contribution is -0.283. The van der Waals surface area contributed by atoms with Crippen molar-refractivity contribution < 1.29 is 5.11 Å². The molecule has 252 valence electrons. The Labute approximate surface area is 278 Å². The maximum Gasteiger partial charge on any atom is 0.121 e. The molecule has 1 aromatic carbocycles. The number of unbranched alkanes of at least 4 members (excludes halogenated alkanes) is 4. The van der Waals surface area contributed by atoms with E-state index in [1.165, 1.54) is 103 Å². The first kappa shape index (κ1) is 32.6. The third-order valence-electron chi connectivity index (χ3n) is 16.1. The zero-order valence-corrected chi connectivity index (χ0v) is 30.6. The minimum absolute atomic E-state index is 0.302. The van der Waals surface area contributed by atoms with Gasteiger partial charge in [-0.2, -0.15) is 0 Å². The number of benzene rings is 1. The van der Waals surface area contributed by atoms with Crippen molar-refractivity contribution in [2.75, 3.05) is 0 Å². The van der Waals surface area contributed by atoms with Gasteiger partial charge in [-0.1, -0.05) is 91.2 Å². The van der Waals surface area contributed by atoms with E-state index in [0.29, 0.717) is 43.7 Å². The van der Waals surface area contributed by atoms with E-state index < -0.39 is 0 Å². The highest BCUT2D eigenvalue weighted by Crippen LogP contribution is 2.85. The number of rotatable bonds is 14. The summed E-state index contributed by atoms with van der Waals surface area (Å²) in [6, 6.07) is 4.96. The normalized spacial score (nSPS) is 44.3. The molecule has 8 fully saturated rings. The Morgan fingerprint density at radius 3 is 1.42 bits per heavy atom. The molecule has 1 aromatic rings. The van der Waals surface area contributed by atoms with Crippen LogP contribution >= 0.6 is 0 Å². The third kappa shape index (κ3) is 5.11. The molecule has 1 nitrogen and oxygen atoms in total. The molecule has 8 aliphatic carbocycles. The van der Waals surface area contributed by atoms with Crippen LogP contribution in [0, 0.1) is 52.3 Å². The van der Waals surface area contributed by atoms with Crippen molar-refractivity contribution in [1.82, 2.24) is 0 Å². The van der Waals surface area contributed by atoms with Gasteiger partial charge in [0.05, 0.1) is 0 Å². The Kier molecular flexibility index (Phi) is 8.17. The van der Waals surface area contributed by atoms with Crippen molar-refractivity contribution in [1.29, 1.82) is 0 Å². The summed E-state index contributed by atoms with van der Waals surface area (Å²) < 4.78 is 0. The molecule has 45 heavy (non-hydrogen) atoms. The molecule has 1 N–H and O–H groups in total. The fraction of sp³-hybridized carbons (Fsp3) is 0.864. The van der Waals surface area contributed by atoms with Crippen LogP contribution in [0.15, 0.2) is 12.1 Å². The average molecular weight is 615 g/mol. The molecule has 8 saturated carbocycles. The summed E-state index contributed by atoms with van der Waals surface area (Å²) in [5.74, 6) is 1.53. The van der Waals surface area contributed by atoms with E-state index in [-0.39, 0.29) is 0 Å². The van der Waals surface area contributed by atoms with Crippen LogP contribution in [0.1, 0.15) is 198 Å². The molecule has 0 amide bonds. The van der Waals surface area contributed by atoms with Crippen molar-refractivity contribution >= 4 is 0 Å². The molecular weight excluding hydrogens is 544 g/mol. The van der Waals surface area contributed by atoms with Crippen molar-refractivity contribution in [2.45, 2.75) is 201 Å². The van der Waals surface area contributed by atoms with E-state index in [1.54, 1.807) is 56.9 Å². The average Bonchev–Trinajstić information content (AvgIpc) is 2.98. The smallest absolute Gasteiger partial charge is 0.121 e. The van der Waals surface area contributed by atoms with Crippen molar-refractivity contribution in [3.05, 3.63) is 28.8 Å². The molecule has 4 unspecified atom stereocenters. The van der Waals surface area contributed by atoms with Crippen molar-refractivity contribution in [3.63, 3.8) is 0 Å². The molecule has 0 saturated heterocycles. The van der Waals surface area contributed by atoms with Gasteiger partial charge in [0.1, 0.15) is 5.75 Å². The molecule has 0 radical (unpaired) electrons. The van der Waals surface area contributed by atoms with Gasteiger partial charge in [-0.05, 0) is 177 Å². The lowest BCUT2D eigenvalue weighted by atomic mass is 9.25. The second kappa shape index (κ2) is 11.3. The summed E-state index contributed by atoms with van der Waals surface area (Å²) in [5, 5.41) is 10.9. The van der Waals surface area contributed by atoms with Crippen LogP contribution in [0.5, 0.6) is 5.75 Å². The van der Waals surface area contributed by atoms with E-state index in [9.17, 15) is 5.11 Å². The van der Waals surface area contributed by atoms with E-state index >= 15 is 0 Å². The highest BCUT2D eigenvalue weighted by atomic mass is 16.3. The maximum absolute atomic E-state index is 10.9. The van der Waals surface area contributed by atoms with Gasteiger partial charge in [0, 0.05) is 0 Å². The van der Waals surface area contributed by atoms with Crippen LogP contribution in [-0.2, 0) is 5.41 Å². The number of aromatic hydroxyl groups is 1. The lowest BCUT2D eigenvalue weighted by Gasteiger charge is -2.80. The molecule has 0 heterocycles. The van der Waals surface area contributed by atoms with Crippen molar-refractivity contribution in [3.8, 4) is 5.75 Å². The second-order valence-corrected chi connectivity index (χ2v) is 19.8. The fourth-order valence-electron chi connectivity index (χ4n) is 15.9. The predicted octanol–water partition coefficient (Wildman–Crippen LogP) is 13.3. The molecule has 8 bridgehead atoms. The van der Waals surface area contributed by atoms with Crippen LogP contribution in [-0.4, -0.2) is 5.11 Å². The molecule has 0 aromatic heterocycles. The fourth-order valence-corrected chi connectivity index (χ4v) is 15.9. The van der Waals surface area contributed by atoms with Gasteiger partial charge >= 0.3 is 0 Å². The minimum atomic E-state index is 0.302. The van der Waals surface area contributed by atoms with Crippen LogP contribution in [0.3, 0.4) is 0 Å². The van der Waals surface area contributed by atoms with Crippen LogP contribution < -0.4 is 0 Å². The maximum atomic E-state index is 10.9. The zero-order valence-electron chi connectivity index (χ0n) is 30.6. The quantitative estimate of drug-likeness (QED) is 0.221. The molecule has 8 aliphatic rings. The first-order valence-corrected chi connectivity index (χ1v) is 20.3. The summed E-state index contributed by atoms with van der Waals surface area (Å²) in [6.07, 6.45) is 35.6. The summed E-state index contributed by atoms with van der Waals surface area (Å²) in [7, 11) is 0. The van der Waals surface area contributed by atoms with Gasteiger partial charge in [-0.25, -0.2) is 0 Å². The summed E-state index contributed by atoms with van der Waals surface area (Å²) in [4.78, 5) is 0. The highest BCUT2D eigenvalue weighted by molar-refractivity contribution is 5.47. The number of phenolic OH excluding ortho intramolecular Hbond substituents is 1. The Balaban J connectivity index is 1.40. The first-order chi connectivity index (χ1) is 21.5. The van der Waals surface area contributed by atoms with Gasteiger partial charge in [0.15, 0.2) is 0 Å². The van der Waals surface area contributed by atoms with Crippen LogP contribution in [0.2, 0.25) is 0 Å².